The topological polar surface area (TPSA) is 66.0 Å². The van der Waals surface area contributed by atoms with Crippen LogP contribution < -0.4 is 0 Å². The predicted octanol–water partition coefficient (Wildman–Crippen LogP) is 4.04. The summed E-state index contributed by atoms with van der Waals surface area (Å²) in [7, 11) is 0. The minimum Gasteiger partial charge on any atom is -0.508 e. The molecule has 0 bridgehead atoms. The molecule has 0 fully saturated rings. The molecule has 1 aromatic carbocycles. The van der Waals surface area contributed by atoms with Crippen molar-refractivity contribution in [3.63, 3.8) is 0 Å². The number of aromatic hydroxyl groups is 1. The van der Waals surface area contributed by atoms with Gasteiger partial charge < -0.3 is 9.52 Å². The predicted molar refractivity (Wildman–Crippen MR) is 91.2 cm³/mol. The molecule has 1 unspecified atom stereocenters. The highest BCUT2D eigenvalue weighted by atomic mass is 32.1. The van der Waals surface area contributed by atoms with Crippen LogP contribution in [0.3, 0.4) is 0 Å². The molecule has 5 nitrogen and oxygen atoms in total. The molecule has 4 rings (SSSR count). The van der Waals surface area contributed by atoms with Crippen LogP contribution in [0, 0.1) is 0 Å². The maximum absolute atomic E-state index is 12.8. The van der Waals surface area contributed by atoms with Crippen molar-refractivity contribution in [3.8, 4) is 5.75 Å². The van der Waals surface area contributed by atoms with Gasteiger partial charge in [0.25, 0.3) is 5.91 Å². The lowest BCUT2D eigenvalue weighted by Crippen LogP contribution is -2.26. The third kappa shape index (κ3) is 2.51. The largest absolute Gasteiger partial charge is 0.508 e. The monoisotopic (exact) mass is 338 g/mol. The molecule has 3 aromatic rings. The van der Waals surface area contributed by atoms with Crippen LogP contribution >= 0.6 is 11.3 Å². The molecule has 0 saturated carbocycles. The minimum absolute atomic E-state index is 0.154. The molecule has 3 heterocycles. The summed E-state index contributed by atoms with van der Waals surface area (Å²) in [5, 5.41) is 19.8. The number of hydrogen-bond acceptors (Lipinski definition) is 5. The number of carbonyl (C=O) groups excluding carboxylic acids is 1. The number of benzene rings is 1. The number of phenols is 1. The Kier molecular flexibility index (Phi) is 3.66. The second kappa shape index (κ2) is 5.98. The smallest absolute Gasteiger partial charge is 0.275 e. The van der Waals surface area contributed by atoms with E-state index < -0.39 is 0 Å². The third-order valence-corrected chi connectivity index (χ3v) is 4.67. The first-order chi connectivity index (χ1) is 11.7. The fraction of sp³-hybridized carbons (Fsp3) is 0.111. The number of rotatable bonds is 3. The van der Waals surface area contributed by atoms with Gasteiger partial charge in [0, 0.05) is 17.4 Å². The van der Waals surface area contributed by atoms with E-state index in [9.17, 15) is 9.90 Å². The maximum Gasteiger partial charge on any atom is 0.275 e. The number of amides is 1. The van der Waals surface area contributed by atoms with E-state index in [4.69, 9.17) is 4.42 Å². The van der Waals surface area contributed by atoms with E-state index in [1.165, 1.54) is 16.3 Å². The molecule has 0 radical (unpaired) electrons. The lowest BCUT2D eigenvalue weighted by molar-refractivity contribution is 0.0710. The molecule has 1 atom stereocenters. The van der Waals surface area contributed by atoms with Crippen LogP contribution in [-0.4, -0.2) is 21.7 Å². The summed E-state index contributed by atoms with van der Waals surface area (Å²) in [6.07, 6.45) is 2.07. The fourth-order valence-corrected chi connectivity index (χ4v) is 3.45. The second-order valence-electron chi connectivity index (χ2n) is 5.46. The van der Waals surface area contributed by atoms with Crippen molar-refractivity contribution in [1.82, 2.24) is 5.01 Å². The molecule has 0 spiro atoms. The normalized spacial score (nSPS) is 17.1. The number of phenolic OH excluding ortho intramolecular Hbond substituents is 1. The number of hydrogen-bond donors (Lipinski definition) is 1. The quantitative estimate of drug-likeness (QED) is 0.784. The van der Waals surface area contributed by atoms with Gasteiger partial charge in [0.1, 0.15) is 17.2 Å². The highest BCUT2D eigenvalue weighted by molar-refractivity contribution is 7.08. The van der Waals surface area contributed by atoms with E-state index in [1.54, 1.807) is 35.9 Å². The van der Waals surface area contributed by atoms with Crippen molar-refractivity contribution >= 4 is 23.0 Å². The zero-order chi connectivity index (χ0) is 16.5. The standard InChI is InChI=1S/C18H14N2O3S/c21-16-5-2-1-4-13(16)15-10-14(17-6-3-8-23-17)19-20(15)18(22)12-7-9-24-11-12/h1-9,11,15,21H,10H2. The van der Waals surface area contributed by atoms with Gasteiger partial charge in [-0.3, -0.25) is 4.79 Å². The molecule has 24 heavy (non-hydrogen) atoms. The molecule has 1 aliphatic rings. The lowest BCUT2D eigenvalue weighted by Gasteiger charge is -2.22. The SMILES string of the molecule is O=C(c1ccsc1)N1N=C(c2ccco2)CC1c1ccccc1O. The molecule has 120 valence electrons. The molecule has 0 aliphatic carbocycles. The van der Waals surface area contributed by atoms with Crippen LogP contribution in [0.2, 0.25) is 0 Å². The third-order valence-electron chi connectivity index (χ3n) is 3.99. The Labute approximate surface area is 142 Å². The van der Waals surface area contributed by atoms with Crippen LogP contribution in [0.15, 0.2) is 69.0 Å². The highest BCUT2D eigenvalue weighted by Gasteiger charge is 2.35. The van der Waals surface area contributed by atoms with Crippen LogP contribution in [0.1, 0.15) is 34.1 Å². The lowest BCUT2D eigenvalue weighted by atomic mass is 9.99. The van der Waals surface area contributed by atoms with Crippen molar-refractivity contribution < 1.29 is 14.3 Å². The molecule has 2 aromatic heterocycles. The second-order valence-corrected chi connectivity index (χ2v) is 6.24. The van der Waals surface area contributed by atoms with Crippen LogP contribution in [-0.2, 0) is 0 Å². The number of hydrazone groups is 1. The molecule has 1 aliphatic heterocycles. The van der Waals surface area contributed by atoms with Crippen molar-refractivity contribution in [2.24, 2.45) is 5.10 Å². The summed E-state index contributed by atoms with van der Waals surface area (Å²) in [4.78, 5) is 12.8. The van der Waals surface area contributed by atoms with E-state index >= 15 is 0 Å². The van der Waals surface area contributed by atoms with Gasteiger partial charge in [-0.2, -0.15) is 16.4 Å². The zero-order valence-corrected chi connectivity index (χ0v) is 13.4. The van der Waals surface area contributed by atoms with Crippen molar-refractivity contribution in [2.45, 2.75) is 12.5 Å². The molecule has 6 heteroatoms. The molecule has 0 saturated heterocycles. The number of nitrogens with zero attached hydrogens (tertiary/aromatic N) is 2. The summed E-state index contributed by atoms with van der Waals surface area (Å²) in [6, 6.07) is 12.0. The van der Waals surface area contributed by atoms with Crippen molar-refractivity contribution in [1.29, 1.82) is 0 Å². The molecular formula is C18H14N2O3S. The summed E-state index contributed by atoms with van der Waals surface area (Å²) in [6.45, 7) is 0. The molecule has 1 amide bonds. The Morgan fingerprint density at radius 2 is 2.12 bits per heavy atom. The molecule has 1 N–H and O–H groups in total. The Balaban J connectivity index is 1.75. The first-order valence-corrected chi connectivity index (χ1v) is 8.43. The maximum atomic E-state index is 12.8. The highest BCUT2D eigenvalue weighted by Crippen LogP contribution is 2.37. The van der Waals surface area contributed by atoms with Gasteiger partial charge in [0.15, 0.2) is 0 Å². The van der Waals surface area contributed by atoms with Crippen molar-refractivity contribution in [3.05, 3.63) is 76.4 Å². The van der Waals surface area contributed by atoms with E-state index in [1.807, 2.05) is 23.6 Å². The van der Waals surface area contributed by atoms with E-state index in [-0.39, 0.29) is 17.7 Å². The minimum atomic E-state index is -0.362. The fourth-order valence-electron chi connectivity index (χ4n) is 2.82. The first-order valence-electron chi connectivity index (χ1n) is 7.49. The van der Waals surface area contributed by atoms with Gasteiger partial charge in [-0.25, -0.2) is 5.01 Å². The van der Waals surface area contributed by atoms with Gasteiger partial charge in [0.2, 0.25) is 0 Å². The van der Waals surface area contributed by atoms with Gasteiger partial charge in [-0.05, 0) is 29.6 Å². The van der Waals surface area contributed by atoms with Gasteiger partial charge in [0.05, 0.1) is 17.9 Å². The Morgan fingerprint density at radius 3 is 2.83 bits per heavy atom. The summed E-state index contributed by atoms with van der Waals surface area (Å²) in [5.41, 5.74) is 1.95. The Bertz CT molecular complexity index is 885. The van der Waals surface area contributed by atoms with E-state index in [0.29, 0.717) is 29.0 Å². The zero-order valence-electron chi connectivity index (χ0n) is 12.6. The van der Waals surface area contributed by atoms with Crippen LogP contribution in [0.5, 0.6) is 5.75 Å². The van der Waals surface area contributed by atoms with Gasteiger partial charge in [-0.15, -0.1) is 0 Å². The number of thiophene rings is 1. The van der Waals surface area contributed by atoms with Crippen LogP contribution in [0.4, 0.5) is 0 Å². The van der Waals surface area contributed by atoms with Crippen molar-refractivity contribution in [2.75, 3.05) is 0 Å². The average Bonchev–Trinajstić information content (AvgIpc) is 3.34. The van der Waals surface area contributed by atoms with Gasteiger partial charge >= 0.3 is 0 Å². The number of furan rings is 1. The van der Waals surface area contributed by atoms with Crippen LogP contribution in [0.25, 0.3) is 0 Å². The van der Waals surface area contributed by atoms with E-state index in [0.717, 1.165) is 0 Å². The summed E-state index contributed by atoms with van der Waals surface area (Å²) < 4.78 is 5.42. The summed E-state index contributed by atoms with van der Waals surface area (Å²) >= 11 is 1.46. The molecular weight excluding hydrogens is 324 g/mol. The first kappa shape index (κ1) is 14.7. The average molecular weight is 338 g/mol. The Hall–Kier alpha value is -2.86. The Morgan fingerprint density at radius 1 is 1.25 bits per heavy atom. The van der Waals surface area contributed by atoms with Gasteiger partial charge in [-0.1, -0.05) is 18.2 Å². The summed E-state index contributed by atoms with van der Waals surface area (Å²) in [5.74, 6) is 0.601. The number of para-hydroxylation sites is 1. The number of carbonyl (C=O) groups is 1. The van der Waals surface area contributed by atoms with E-state index in [2.05, 4.69) is 5.10 Å².